The van der Waals surface area contributed by atoms with Crippen LogP contribution in [0.2, 0.25) is 0 Å². The van der Waals surface area contributed by atoms with Gasteiger partial charge in [-0.1, -0.05) is 0 Å². The van der Waals surface area contributed by atoms with Gasteiger partial charge in [-0.05, 0) is 20.8 Å². The molecule has 0 saturated carbocycles. The first-order valence-corrected chi connectivity index (χ1v) is 5.23. The molecule has 0 atom stereocenters. The summed E-state index contributed by atoms with van der Waals surface area (Å²) in [6.07, 6.45) is 0. The summed E-state index contributed by atoms with van der Waals surface area (Å²) < 4.78 is 11.4. The van der Waals surface area contributed by atoms with Crippen molar-refractivity contribution < 1.29 is 8.83 Å². The number of nitrogens with zero attached hydrogens (tertiary/aromatic N) is 2. The van der Waals surface area contributed by atoms with E-state index in [4.69, 9.17) is 8.83 Å². The van der Waals surface area contributed by atoms with Crippen LogP contribution in [0.4, 0.5) is 0 Å². The predicted octanol–water partition coefficient (Wildman–Crippen LogP) is 2.86. The molecule has 0 bridgehead atoms. The SMILES string of the molecule is Cc1oc(C)c(-c2nnc(I)o2)c1C. The first-order chi connectivity index (χ1) is 6.59. The Bertz CT molecular complexity index is 473. The molecule has 0 fully saturated rings. The zero-order valence-corrected chi connectivity index (χ0v) is 10.2. The molecule has 2 aromatic rings. The molecule has 0 aliphatic carbocycles. The van der Waals surface area contributed by atoms with Gasteiger partial charge in [-0.15, -0.1) is 10.2 Å². The summed E-state index contributed by atoms with van der Waals surface area (Å²) in [7, 11) is 0. The van der Waals surface area contributed by atoms with Crippen molar-refractivity contribution in [3.05, 3.63) is 21.0 Å². The standard InChI is InChI=1S/C9H9IN2O2/c1-4-5(2)13-6(3)7(4)8-11-12-9(10)14-8/h1-3H3. The van der Waals surface area contributed by atoms with Gasteiger partial charge in [-0.2, -0.15) is 0 Å². The van der Waals surface area contributed by atoms with Gasteiger partial charge in [0, 0.05) is 28.2 Å². The fourth-order valence-corrected chi connectivity index (χ4v) is 1.73. The van der Waals surface area contributed by atoms with E-state index in [1.165, 1.54) is 0 Å². The maximum absolute atomic E-state index is 5.48. The molecule has 14 heavy (non-hydrogen) atoms. The lowest BCUT2D eigenvalue weighted by Gasteiger charge is -1.91. The Balaban J connectivity index is 2.61. The molecule has 0 unspecified atom stereocenters. The summed E-state index contributed by atoms with van der Waals surface area (Å²) in [6.45, 7) is 5.80. The van der Waals surface area contributed by atoms with Crippen molar-refractivity contribution in [2.75, 3.05) is 0 Å². The zero-order valence-electron chi connectivity index (χ0n) is 8.09. The monoisotopic (exact) mass is 304 g/mol. The number of hydrogen-bond acceptors (Lipinski definition) is 4. The van der Waals surface area contributed by atoms with E-state index < -0.39 is 0 Å². The summed E-state index contributed by atoms with van der Waals surface area (Å²) in [4.78, 5) is 0. The van der Waals surface area contributed by atoms with Gasteiger partial charge in [0.25, 0.3) is 9.79 Å². The number of hydrogen-bond donors (Lipinski definition) is 0. The van der Waals surface area contributed by atoms with E-state index in [0.717, 1.165) is 22.6 Å². The van der Waals surface area contributed by atoms with Crippen molar-refractivity contribution in [1.82, 2.24) is 10.2 Å². The Kier molecular flexibility index (Phi) is 2.34. The van der Waals surface area contributed by atoms with Crippen molar-refractivity contribution in [1.29, 1.82) is 0 Å². The molecule has 2 heterocycles. The summed E-state index contributed by atoms with van der Waals surface area (Å²) in [6, 6.07) is 0. The highest BCUT2D eigenvalue weighted by atomic mass is 127. The number of aryl methyl sites for hydroxylation is 2. The molecule has 0 radical (unpaired) electrons. The molecule has 5 heteroatoms. The first-order valence-electron chi connectivity index (χ1n) is 4.15. The van der Waals surface area contributed by atoms with Crippen molar-refractivity contribution >= 4 is 22.6 Å². The first kappa shape index (κ1) is 9.70. The van der Waals surface area contributed by atoms with Gasteiger partial charge in [0.15, 0.2) is 0 Å². The summed E-state index contributed by atoms with van der Waals surface area (Å²) in [5.41, 5.74) is 1.97. The highest BCUT2D eigenvalue weighted by molar-refractivity contribution is 14.1. The van der Waals surface area contributed by atoms with E-state index in [9.17, 15) is 0 Å². The second kappa shape index (κ2) is 3.38. The van der Waals surface area contributed by atoms with Crippen molar-refractivity contribution in [2.45, 2.75) is 20.8 Å². The fraction of sp³-hybridized carbons (Fsp3) is 0.333. The van der Waals surface area contributed by atoms with Crippen LogP contribution in [-0.2, 0) is 0 Å². The largest absolute Gasteiger partial charge is 0.466 e. The van der Waals surface area contributed by atoms with Crippen LogP contribution < -0.4 is 0 Å². The number of furan rings is 1. The van der Waals surface area contributed by atoms with E-state index in [2.05, 4.69) is 10.2 Å². The van der Waals surface area contributed by atoms with Crippen molar-refractivity contribution in [3.8, 4) is 11.5 Å². The van der Waals surface area contributed by atoms with Crippen LogP contribution in [0.3, 0.4) is 0 Å². The van der Waals surface area contributed by atoms with Gasteiger partial charge in [-0.25, -0.2) is 0 Å². The number of halogens is 1. The van der Waals surface area contributed by atoms with Gasteiger partial charge in [-0.3, -0.25) is 0 Å². The highest BCUT2D eigenvalue weighted by Crippen LogP contribution is 2.30. The molecule has 0 aliphatic heterocycles. The molecule has 74 valence electrons. The molecule has 4 nitrogen and oxygen atoms in total. The molecule has 2 rings (SSSR count). The molecular weight excluding hydrogens is 295 g/mol. The maximum atomic E-state index is 5.48. The Morgan fingerprint density at radius 3 is 2.14 bits per heavy atom. The lowest BCUT2D eigenvalue weighted by atomic mass is 10.1. The Labute approximate surface area is 94.8 Å². The molecule has 0 aliphatic rings. The number of aromatic nitrogens is 2. The third kappa shape index (κ3) is 1.45. The van der Waals surface area contributed by atoms with Gasteiger partial charge in [0.05, 0.1) is 5.56 Å². The van der Waals surface area contributed by atoms with Crippen LogP contribution in [0.5, 0.6) is 0 Å². The van der Waals surface area contributed by atoms with Crippen LogP contribution in [0, 0.1) is 24.7 Å². The summed E-state index contributed by atoms with van der Waals surface area (Å²) in [5.74, 6) is 2.24. The van der Waals surface area contributed by atoms with Crippen LogP contribution in [0.15, 0.2) is 8.83 Å². The molecular formula is C9H9IN2O2. The average molecular weight is 304 g/mol. The topological polar surface area (TPSA) is 52.1 Å². The second-order valence-electron chi connectivity index (χ2n) is 3.07. The minimum atomic E-state index is 0.529. The van der Waals surface area contributed by atoms with Crippen LogP contribution in [0.25, 0.3) is 11.5 Å². The quantitative estimate of drug-likeness (QED) is 0.760. The lowest BCUT2D eigenvalue weighted by Crippen LogP contribution is -1.81. The van der Waals surface area contributed by atoms with Crippen molar-refractivity contribution in [2.24, 2.45) is 0 Å². The van der Waals surface area contributed by atoms with Gasteiger partial charge < -0.3 is 8.83 Å². The van der Waals surface area contributed by atoms with E-state index >= 15 is 0 Å². The molecule has 0 N–H and O–H groups in total. The van der Waals surface area contributed by atoms with Gasteiger partial charge >= 0.3 is 0 Å². The van der Waals surface area contributed by atoms with E-state index in [1.807, 2.05) is 43.4 Å². The van der Waals surface area contributed by atoms with E-state index in [-0.39, 0.29) is 0 Å². The minimum Gasteiger partial charge on any atom is -0.466 e. The van der Waals surface area contributed by atoms with Crippen LogP contribution >= 0.6 is 22.6 Å². The Morgan fingerprint density at radius 1 is 1.00 bits per heavy atom. The van der Waals surface area contributed by atoms with E-state index in [0.29, 0.717) is 9.79 Å². The fourth-order valence-electron chi connectivity index (χ4n) is 1.41. The van der Waals surface area contributed by atoms with E-state index in [1.54, 1.807) is 0 Å². The maximum Gasteiger partial charge on any atom is 0.278 e. The van der Waals surface area contributed by atoms with Crippen molar-refractivity contribution in [3.63, 3.8) is 0 Å². The van der Waals surface area contributed by atoms with Crippen LogP contribution in [-0.4, -0.2) is 10.2 Å². The minimum absolute atomic E-state index is 0.529. The predicted molar refractivity (Wildman–Crippen MR) is 58.9 cm³/mol. The molecule has 0 aromatic carbocycles. The second-order valence-corrected chi connectivity index (χ2v) is 4.00. The molecule has 0 spiro atoms. The third-order valence-electron chi connectivity index (χ3n) is 2.18. The highest BCUT2D eigenvalue weighted by Gasteiger charge is 2.18. The third-order valence-corrected chi connectivity index (χ3v) is 2.61. The van der Waals surface area contributed by atoms with Crippen LogP contribution in [0.1, 0.15) is 17.1 Å². The summed E-state index contributed by atoms with van der Waals surface area (Å²) >= 11 is 1.99. The Hall–Kier alpha value is -0.850. The zero-order chi connectivity index (χ0) is 10.3. The molecule has 2 aromatic heterocycles. The summed E-state index contributed by atoms with van der Waals surface area (Å²) in [5, 5.41) is 7.75. The van der Waals surface area contributed by atoms with Gasteiger partial charge in [0.2, 0.25) is 0 Å². The normalized spacial score (nSPS) is 10.9. The lowest BCUT2D eigenvalue weighted by molar-refractivity contribution is 0.499. The molecule has 0 saturated heterocycles. The smallest absolute Gasteiger partial charge is 0.278 e. The molecule has 0 amide bonds. The Morgan fingerprint density at radius 2 is 1.71 bits per heavy atom. The average Bonchev–Trinajstić information content (AvgIpc) is 2.60. The number of rotatable bonds is 1. The van der Waals surface area contributed by atoms with Gasteiger partial charge in [0.1, 0.15) is 11.5 Å².